The predicted octanol–water partition coefficient (Wildman–Crippen LogP) is 6.36. The highest BCUT2D eigenvalue weighted by atomic mass is 16.5. The van der Waals surface area contributed by atoms with Crippen molar-refractivity contribution < 1.29 is 9.15 Å². The highest BCUT2D eigenvalue weighted by Crippen LogP contribution is 2.39. The lowest BCUT2D eigenvalue weighted by atomic mass is 9.94. The van der Waals surface area contributed by atoms with Gasteiger partial charge in [0.15, 0.2) is 5.58 Å². The third-order valence-corrected chi connectivity index (χ3v) is 7.28. The fraction of sp³-hybridized carbons (Fsp3) is 0.593. The van der Waals surface area contributed by atoms with Crippen molar-refractivity contribution in [3.05, 3.63) is 23.5 Å². The van der Waals surface area contributed by atoms with Gasteiger partial charge in [-0.3, -0.25) is 0 Å². The Morgan fingerprint density at radius 3 is 2.59 bits per heavy atom. The van der Waals surface area contributed by atoms with Crippen LogP contribution in [-0.2, 0) is 0 Å². The standard InChI is InChI=1S/C27H37N5O2/c1-6-33-23-13-20-12-22(34-25(20)17(5)29-23)24-16(4)30-27(28-14-18-7-8-18)32-26(24)31-21-10-9-19(11-21)15(2)3/h12-13,15,18-19,21H,6-11,14H2,1-5H3,(H2,28,30,31,32). The number of nitrogens with zero attached hydrogens (tertiary/aromatic N) is 3. The van der Waals surface area contributed by atoms with Crippen molar-refractivity contribution in [2.75, 3.05) is 23.8 Å². The maximum absolute atomic E-state index is 6.35. The number of ether oxygens (including phenoxy) is 1. The van der Waals surface area contributed by atoms with E-state index >= 15 is 0 Å². The van der Waals surface area contributed by atoms with E-state index in [1.165, 1.54) is 25.7 Å². The molecule has 2 atom stereocenters. The highest BCUT2D eigenvalue weighted by molar-refractivity contribution is 5.88. The molecular weight excluding hydrogens is 426 g/mol. The second-order valence-corrected chi connectivity index (χ2v) is 10.3. The second kappa shape index (κ2) is 9.43. The Bertz CT molecular complexity index is 1170. The van der Waals surface area contributed by atoms with Gasteiger partial charge in [0.2, 0.25) is 11.8 Å². The molecule has 0 aromatic carbocycles. The van der Waals surface area contributed by atoms with Gasteiger partial charge in [0.25, 0.3) is 0 Å². The lowest BCUT2D eigenvalue weighted by Crippen LogP contribution is -2.19. The molecule has 2 N–H and O–H groups in total. The summed E-state index contributed by atoms with van der Waals surface area (Å²) < 4.78 is 12.0. The highest BCUT2D eigenvalue weighted by Gasteiger charge is 2.29. The molecule has 5 rings (SSSR count). The maximum atomic E-state index is 6.35. The number of rotatable bonds is 9. The summed E-state index contributed by atoms with van der Waals surface area (Å²) >= 11 is 0. The summed E-state index contributed by atoms with van der Waals surface area (Å²) in [5, 5.41) is 8.21. The van der Waals surface area contributed by atoms with Crippen LogP contribution in [0.5, 0.6) is 5.88 Å². The van der Waals surface area contributed by atoms with E-state index in [1.54, 1.807) is 0 Å². The minimum Gasteiger partial charge on any atom is -0.478 e. The van der Waals surface area contributed by atoms with Gasteiger partial charge < -0.3 is 19.8 Å². The first kappa shape index (κ1) is 22.9. The quantitative estimate of drug-likeness (QED) is 0.382. The molecule has 0 saturated heterocycles. The Balaban J connectivity index is 1.51. The number of pyridine rings is 1. The van der Waals surface area contributed by atoms with Crippen molar-refractivity contribution in [1.82, 2.24) is 15.0 Å². The van der Waals surface area contributed by atoms with Crippen LogP contribution in [0.2, 0.25) is 0 Å². The van der Waals surface area contributed by atoms with Crippen LogP contribution >= 0.6 is 0 Å². The van der Waals surface area contributed by atoms with E-state index in [0.717, 1.165) is 64.3 Å². The monoisotopic (exact) mass is 463 g/mol. The molecule has 0 bridgehead atoms. The summed E-state index contributed by atoms with van der Waals surface area (Å²) in [5.41, 5.74) is 3.43. The van der Waals surface area contributed by atoms with E-state index in [0.29, 0.717) is 30.4 Å². The van der Waals surface area contributed by atoms with Crippen LogP contribution in [0.4, 0.5) is 11.8 Å². The normalized spacial score (nSPS) is 20.3. The first-order valence-corrected chi connectivity index (χ1v) is 12.8. The average molecular weight is 464 g/mol. The Morgan fingerprint density at radius 2 is 1.88 bits per heavy atom. The number of furan rings is 1. The van der Waals surface area contributed by atoms with Crippen molar-refractivity contribution in [2.45, 2.75) is 72.8 Å². The van der Waals surface area contributed by atoms with E-state index in [-0.39, 0.29) is 0 Å². The zero-order valence-electron chi connectivity index (χ0n) is 21.1. The molecule has 0 aliphatic heterocycles. The van der Waals surface area contributed by atoms with Crippen molar-refractivity contribution in [1.29, 1.82) is 0 Å². The van der Waals surface area contributed by atoms with Gasteiger partial charge in [-0.05, 0) is 76.7 Å². The molecule has 0 spiro atoms. The molecule has 2 aliphatic carbocycles. The zero-order valence-corrected chi connectivity index (χ0v) is 21.1. The van der Waals surface area contributed by atoms with E-state index in [2.05, 4.69) is 35.5 Å². The van der Waals surface area contributed by atoms with Crippen molar-refractivity contribution in [3.8, 4) is 17.2 Å². The molecule has 2 saturated carbocycles. The smallest absolute Gasteiger partial charge is 0.224 e. The fourth-order valence-corrected chi connectivity index (χ4v) is 5.08. The number of aromatic nitrogens is 3. The van der Waals surface area contributed by atoms with Crippen LogP contribution in [0.1, 0.15) is 64.3 Å². The van der Waals surface area contributed by atoms with Gasteiger partial charge in [0.1, 0.15) is 11.6 Å². The Labute approximate surface area is 202 Å². The molecule has 34 heavy (non-hydrogen) atoms. The molecule has 3 aromatic heterocycles. The minimum atomic E-state index is 0.411. The SMILES string of the molecule is CCOc1cc2cc(-c3c(C)nc(NCC4CC4)nc3NC3CCC(C(C)C)C3)oc2c(C)n1. The molecule has 182 valence electrons. The third-order valence-electron chi connectivity index (χ3n) is 7.28. The lowest BCUT2D eigenvalue weighted by Gasteiger charge is -2.19. The van der Waals surface area contributed by atoms with Gasteiger partial charge >= 0.3 is 0 Å². The predicted molar refractivity (Wildman–Crippen MR) is 136 cm³/mol. The van der Waals surface area contributed by atoms with Crippen LogP contribution in [0.15, 0.2) is 16.5 Å². The molecule has 3 heterocycles. The van der Waals surface area contributed by atoms with Crippen LogP contribution in [0.25, 0.3) is 22.3 Å². The van der Waals surface area contributed by atoms with Crippen molar-refractivity contribution in [2.24, 2.45) is 17.8 Å². The van der Waals surface area contributed by atoms with Gasteiger partial charge in [-0.1, -0.05) is 13.8 Å². The Hall–Kier alpha value is -2.83. The number of fused-ring (bicyclic) bond motifs is 1. The average Bonchev–Trinajstić information content (AvgIpc) is 3.32. The molecule has 7 nitrogen and oxygen atoms in total. The number of anilines is 2. The first-order chi connectivity index (χ1) is 16.4. The molecule has 0 radical (unpaired) electrons. The van der Waals surface area contributed by atoms with Crippen LogP contribution < -0.4 is 15.4 Å². The lowest BCUT2D eigenvalue weighted by molar-refractivity contribution is 0.326. The molecular formula is C27H37N5O2. The summed E-state index contributed by atoms with van der Waals surface area (Å²) in [6.45, 7) is 12.1. The van der Waals surface area contributed by atoms with E-state index in [1.807, 2.05) is 26.8 Å². The van der Waals surface area contributed by atoms with Gasteiger partial charge in [-0.15, -0.1) is 0 Å². The molecule has 7 heteroatoms. The maximum Gasteiger partial charge on any atom is 0.224 e. The minimum absolute atomic E-state index is 0.411. The third kappa shape index (κ3) is 4.84. The molecule has 2 aliphatic rings. The largest absolute Gasteiger partial charge is 0.478 e. The number of aryl methyl sites for hydroxylation is 2. The molecule has 2 unspecified atom stereocenters. The number of hydrogen-bond acceptors (Lipinski definition) is 7. The topological polar surface area (TPSA) is 85.1 Å². The van der Waals surface area contributed by atoms with Gasteiger partial charge in [-0.2, -0.15) is 4.98 Å². The summed E-state index contributed by atoms with van der Waals surface area (Å²) in [7, 11) is 0. The summed E-state index contributed by atoms with van der Waals surface area (Å²) in [4.78, 5) is 14.3. The Morgan fingerprint density at radius 1 is 1.06 bits per heavy atom. The van der Waals surface area contributed by atoms with Gasteiger partial charge in [-0.25, -0.2) is 9.97 Å². The summed E-state index contributed by atoms with van der Waals surface area (Å²) in [5.74, 6) is 5.16. The fourth-order valence-electron chi connectivity index (χ4n) is 5.08. The first-order valence-electron chi connectivity index (χ1n) is 12.8. The zero-order chi connectivity index (χ0) is 23.8. The summed E-state index contributed by atoms with van der Waals surface area (Å²) in [6.07, 6.45) is 6.19. The second-order valence-electron chi connectivity index (χ2n) is 10.3. The van der Waals surface area contributed by atoms with Crippen LogP contribution in [0.3, 0.4) is 0 Å². The number of hydrogen-bond donors (Lipinski definition) is 2. The van der Waals surface area contributed by atoms with E-state index in [4.69, 9.17) is 19.1 Å². The van der Waals surface area contributed by atoms with Gasteiger partial charge in [0.05, 0.1) is 23.6 Å². The van der Waals surface area contributed by atoms with E-state index < -0.39 is 0 Å². The van der Waals surface area contributed by atoms with Crippen molar-refractivity contribution in [3.63, 3.8) is 0 Å². The molecule has 3 aromatic rings. The molecule has 0 amide bonds. The summed E-state index contributed by atoms with van der Waals surface area (Å²) in [6, 6.07) is 4.42. The number of nitrogens with one attached hydrogen (secondary N) is 2. The van der Waals surface area contributed by atoms with Crippen molar-refractivity contribution >= 4 is 22.7 Å². The molecule has 2 fully saturated rings. The Kier molecular flexibility index (Phi) is 6.36. The van der Waals surface area contributed by atoms with E-state index in [9.17, 15) is 0 Å². The van der Waals surface area contributed by atoms with Gasteiger partial charge in [0, 0.05) is 24.0 Å². The van der Waals surface area contributed by atoms with Crippen LogP contribution in [0, 0.1) is 31.6 Å². The van der Waals surface area contributed by atoms with Crippen LogP contribution in [-0.4, -0.2) is 34.1 Å².